The van der Waals surface area contributed by atoms with Gasteiger partial charge in [0.05, 0.1) is 23.7 Å². The molecule has 0 spiro atoms. The highest BCUT2D eigenvalue weighted by Gasteiger charge is 2.34. The smallest absolute Gasteiger partial charge is 0.252 e. The number of pyridine rings is 1. The highest BCUT2D eigenvalue weighted by molar-refractivity contribution is 5.83. The molecule has 0 unspecified atom stereocenters. The normalized spacial score (nSPS) is 20.0. The van der Waals surface area contributed by atoms with E-state index < -0.39 is 0 Å². The van der Waals surface area contributed by atoms with E-state index in [1.54, 1.807) is 0 Å². The Kier molecular flexibility index (Phi) is 7.02. The van der Waals surface area contributed by atoms with Crippen LogP contribution in [-0.2, 0) is 11.3 Å². The van der Waals surface area contributed by atoms with Crippen molar-refractivity contribution in [1.29, 1.82) is 0 Å². The minimum absolute atomic E-state index is 0.00958. The number of fused-ring (bicyclic) bond motifs is 1. The summed E-state index contributed by atoms with van der Waals surface area (Å²) in [6.07, 6.45) is 6.98. The van der Waals surface area contributed by atoms with Crippen LogP contribution in [-0.4, -0.2) is 49.3 Å². The Bertz CT molecular complexity index is 1220. The number of aromatic amines is 1. The molecule has 1 aliphatic heterocycles. The fourth-order valence-electron chi connectivity index (χ4n) is 5.92. The molecule has 1 saturated heterocycles. The van der Waals surface area contributed by atoms with Gasteiger partial charge >= 0.3 is 0 Å². The molecule has 2 aliphatic rings. The van der Waals surface area contributed by atoms with E-state index in [1.807, 2.05) is 0 Å². The molecule has 0 radical (unpaired) electrons. The summed E-state index contributed by atoms with van der Waals surface area (Å²) in [5.74, 6) is 1.18. The summed E-state index contributed by atoms with van der Waals surface area (Å²) in [6, 6.07) is 6.63. The third kappa shape index (κ3) is 4.91. The molecule has 1 aliphatic carbocycles. The van der Waals surface area contributed by atoms with Crippen LogP contribution in [0.15, 0.2) is 23.0 Å². The first-order chi connectivity index (χ1) is 16.9. The first kappa shape index (κ1) is 24.1. The monoisotopic (exact) mass is 478 g/mol. The molecule has 8 heteroatoms. The van der Waals surface area contributed by atoms with Gasteiger partial charge in [0.25, 0.3) is 5.56 Å². The van der Waals surface area contributed by atoms with Crippen molar-refractivity contribution in [2.24, 2.45) is 5.92 Å². The molecule has 188 valence electrons. The van der Waals surface area contributed by atoms with Crippen LogP contribution in [0.2, 0.25) is 0 Å². The molecule has 8 nitrogen and oxygen atoms in total. The SMILES string of the molecule is Cc1ccc2cc(CN(C[C@H]3CCCO3)[C@@H](c3nnnn3C3CCCC3)C(C)C)c(=O)[nH]c2c1C. The average Bonchev–Trinajstić information content (AvgIpc) is 3.60. The van der Waals surface area contributed by atoms with Crippen molar-refractivity contribution in [2.75, 3.05) is 13.2 Å². The summed E-state index contributed by atoms with van der Waals surface area (Å²) in [6.45, 7) is 10.7. The van der Waals surface area contributed by atoms with E-state index >= 15 is 0 Å². The molecule has 1 N–H and O–H groups in total. The number of nitrogens with zero attached hydrogens (tertiary/aromatic N) is 5. The number of nitrogens with one attached hydrogen (secondary N) is 1. The summed E-state index contributed by atoms with van der Waals surface area (Å²) >= 11 is 0. The van der Waals surface area contributed by atoms with Crippen LogP contribution in [0.1, 0.15) is 87.0 Å². The van der Waals surface area contributed by atoms with Crippen LogP contribution in [0.4, 0.5) is 0 Å². The average molecular weight is 479 g/mol. The zero-order chi connectivity index (χ0) is 24.5. The van der Waals surface area contributed by atoms with E-state index in [4.69, 9.17) is 4.74 Å². The Morgan fingerprint density at radius 2 is 1.97 bits per heavy atom. The van der Waals surface area contributed by atoms with Crippen molar-refractivity contribution in [3.8, 4) is 0 Å². The number of ether oxygens (including phenoxy) is 1. The maximum absolute atomic E-state index is 13.3. The standard InChI is InChI=1S/C27H38N6O2/c1-17(2)25(26-29-30-31-33(26)22-8-5-6-9-22)32(16-23-10-7-13-35-23)15-21-14-20-12-11-18(3)19(4)24(20)28-27(21)34/h11-12,14,17,22-23,25H,5-10,13,15-16H2,1-4H3,(H,28,34)/t23-,25-/m1/s1. The first-order valence-electron chi connectivity index (χ1n) is 13.2. The van der Waals surface area contributed by atoms with Gasteiger partial charge in [0.1, 0.15) is 0 Å². The Labute approximate surface area is 207 Å². The number of rotatable bonds is 8. The maximum Gasteiger partial charge on any atom is 0.252 e. The molecule has 0 amide bonds. The van der Waals surface area contributed by atoms with Crippen molar-refractivity contribution < 1.29 is 4.74 Å². The fourth-order valence-corrected chi connectivity index (χ4v) is 5.92. The molecule has 2 fully saturated rings. The summed E-state index contributed by atoms with van der Waals surface area (Å²) in [5.41, 5.74) is 3.97. The van der Waals surface area contributed by atoms with Crippen LogP contribution < -0.4 is 5.56 Å². The lowest BCUT2D eigenvalue weighted by atomic mass is 9.98. The quantitative estimate of drug-likeness (QED) is 0.508. The van der Waals surface area contributed by atoms with Crippen molar-refractivity contribution in [1.82, 2.24) is 30.1 Å². The topological polar surface area (TPSA) is 88.9 Å². The van der Waals surface area contributed by atoms with E-state index in [2.05, 4.69) is 76.0 Å². The van der Waals surface area contributed by atoms with Gasteiger partial charge in [-0.2, -0.15) is 0 Å². The van der Waals surface area contributed by atoms with Crippen molar-refractivity contribution in [3.05, 3.63) is 51.1 Å². The first-order valence-corrected chi connectivity index (χ1v) is 13.2. The van der Waals surface area contributed by atoms with Crippen LogP contribution in [0.25, 0.3) is 10.9 Å². The maximum atomic E-state index is 13.3. The van der Waals surface area contributed by atoms with Gasteiger partial charge in [-0.15, -0.1) is 5.10 Å². The summed E-state index contributed by atoms with van der Waals surface area (Å²) < 4.78 is 8.11. The molecule has 2 atom stereocenters. The summed E-state index contributed by atoms with van der Waals surface area (Å²) in [5, 5.41) is 14.1. The van der Waals surface area contributed by atoms with Gasteiger partial charge in [-0.3, -0.25) is 9.69 Å². The molecule has 2 aromatic heterocycles. The molecule has 3 aromatic rings. The molecular formula is C27H38N6O2. The molecule has 1 saturated carbocycles. The molecule has 3 heterocycles. The van der Waals surface area contributed by atoms with Crippen LogP contribution >= 0.6 is 0 Å². The van der Waals surface area contributed by atoms with E-state index in [1.165, 1.54) is 18.4 Å². The van der Waals surface area contributed by atoms with E-state index in [0.717, 1.165) is 66.7 Å². The second-order valence-corrected chi connectivity index (χ2v) is 10.8. The van der Waals surface area contributed by atoms with Crippen LogP contribution in [0.5, 0.6) is 0 Å². The zero-order valence-corrected chi connectivity index (χ0v) is 21.5. The lowest BCUT2D eigenvalue weighted by molar-refractivity contribution is 0.0379. The number of hydrogen-bond donors (Lipinski definition) is 1. The van der Waals surface area contributed by atoms with Crippen molar-refractivity contribution in [3.63, 3.8) is 0 Å². The second-order valence-electron chi connectivity index (χ2n) is 10.8. The van der Waals surface area contributed by atoms with Crippen LogP contribution in [0, 0.1) is 19.8 Å². The Morgan fingerprint density at radius 3 is 2.69 bits per heavy atom. The largest absolute Gasteiger partial charge is 0.377 e. The van der Waals surface area contributed by atoms with Gasteiger partial charge in [-0.25, -0.2) is 4.68 Å². The molecule has 35 heavy (non-hydrogen) atoms. The molecular weight excluding hydrogens is 440 g/mol. The molecule has 5 rings (SSSR count). The van der Waals surface area contributed by atoms with E-state index in [-0.39, 0.29) is 23.6 Å². The van der Waals surface area contributed by atoms with Gasteiger partial charge in [-0.05, 0) is 78.5 Å². The van der Waals surface area contributed by atoms with E-state index in [0.29, 0.717) is 12.6 Å². The van der Waals surface area contributed by atoms with E-state index in [9.17, 15) is 4.79 Å². The lowest BCUT2D eigenvalue weighted by Gasteiger charge is -2.35. The third-order valence-electron chi connectivity index (χ3n) is 7.94. The number of benzene rings is 1. The van der Waals surface area contributed by atoms with Gasteiger partial charge in [0.15, 0.2) is 5.82 Å². The molecule has 1 aromatic carbocycles. The predicted octanol–water partition coefficient (Wildman–Crippen LogP) is 4.62. The van der Waals surface area contributed by atoms with Crippen LogP contribution in [0.3, 0.4) is 0 Å². The predicted molar refractivity (Wildman–Crippen MR) is 136 cm³/mol. The highest BCUT2D eigenvalue weighted by atomic mass is 16.5. The third-order valence-corrected chi connectivity index (χ3v) is 7.94. The minimum Gasteiger partial charge on any atom is -0.377 e. The lowest BCUT2D eigenvalue weighted by Crippen LogP contribution is -2.40. The number of tetrazole rings is 1. The summed E-state index contributed by atoms with van der Waals surface area (Å²) in [7, 11) is 0. The number of H-pyrrole nitrogens is 1. The van der Waals surface area contributed by atoms with Gasteiger partial charge in [0.2, 0.25) is 0 Å². The minimum atomic E-state index is -0.0265. The summed E-state index contributed by atoms with van der Waals surface area (Å²) in [4.78, 5) is 18.8. The number of hydrogen-bond acceptors (Lipinski definition) is 6. The second kappa shape index (κ2) is 10.2. The van der Waals surface area contributed by atoms with Gasteiger partial charge < -0.3 is 9.72 Å². The number of aryl methyl sites for hydroxylation is 2. The Balaban J connectivity index is 1.53. The highest BCUT2D eigenvalue weighted by Crippen LogP contribution is 2.35. The fraction of sp³-hybridized carbons (Fsp3) is 0.630. The number of aromatic nitrogens is 5. The molecule has 0 bridgehead atoms. The van der Waals surface area contributed by atoms with Crippen molar-refractivity contribution >= 4 is 10.9 Å². The van der Waals surface area contributed by atoms with Gasteiger partial charge in [-0.1, -0.05) is 38.8 Å². The van der Waals surface area contributed by atoms with Gasteiger partial charge in [0, 0.05) is 25.3 Å². The Morgan fingerprint density at radius 1 is 1.17 bits per heavy atom. The zero-order valence-electron chi connectivity index (χ0n) is 21.5. The van der Waals surface area contributed by atoms with Crippen molar-refractivity contribution in [2.45, 2.75) is 91.0 Å². The Hall–Kier alpha value is -2.58.